The minimum absolute atomic E-state index is 0.0611. The fourth-order valence-corrected chi connectivity index (χ4v) is 5.06. The third kappa shape index (κ3) is 4.21. The number of amides is 1. The van der Waals surface area contributed by atoms with Gasteiger partial charge in [-0.3, -0.25) is 5.32 Å². The summed E-state index contributed by atoms with van der Waals surface area (Å²) in [4.78, 5) is 13.2. The van der Waals surface area contributed by atoms with Crippen molar-refractivity contribution in [2.75, 3.05) is 43.1 Å². The molecule has 0 aromatic heterocycles. The molecule has 2 saturated heterocycles. The van der Waals surface area contributed by atoms with Crippen LogP contribution in [0, 0.1) is 0 Å². The zero-order valence-corrected chi connectivity index (χ0v) is 13.6. The van der Waals surface area contributed by atoms with E-state index in [0.717, 1.165) is 18.0 Å². The van der Waals surface area contributed by atoms with E-state index in [9.17, 15) is 13.2 Å². The Kier molecular flexibility index (Phi) is 4.84. The number of anilines is 1. The Morgan fingerprint density at radius 3 is 2.57 bits per heavy atom. The van der Waals surface area contributed by atoms with Crippen LogP contribution in [0.4, 0.5) is 10.5 Å². The molecule has 23 heavy (non-hydrogen) atoms. The highest BCUT2D eigenvalue weighted by Gasteiger charge is 2.46. The number of hydrogen-bond donors (Lipinski definition) is 2. The fraction of sp³-hybridized carbons (Fsp3) is 0.533. The highest BCUT2D eigenvalue weighted by Crippen LogP contribution is 2.16. The molecule has 2 atom stereocenters. The van der Waals surface area contributed by atoms with Crippen LogP contribution >= 0.6 is 0 Å². The Morgan fingerprint density at radius 1 is 1.17 bits per heavy atom. The molecule has 2 fully saturated rings. The zero-order valence-electron chi connectivity index (χ0n) is 12.7. The molecule has 126 valence electrons. The number of para-hydroxylation sites is 1. The Morgan fingerprint density at radius 2 is 1.87 bits per heavy atom. The van der Waals surface area contributed by atoms with Crippen molar-refractivity contribution in [3.05, 3.63) is 30.3 Å². The first kappa shape index (κ1) is 16.2. The van der Waals surface area contributed by atoms with Crippen molar-refractivity contribution in [2.24, 2.45) is 0 Å². The van der Waals surface area contributed by atoms with Gasteiger partial charge < -0.3 is 14.4 Å². The van der Waals surface area contributed by atoms with Crippen LogP contribution in [-0.2, 0) is 19.3 Å². The standard InChI is InChI=1S/C15H20N2O5S/c18-15(16-12-4-2-1-3-5-12)22-14-11-23(19,20)10-13(14)17-6-8-21-9-7-17/h1-5,13-14H,6-11H2,(H,16,18)/p+1/t13-,14-/m1/s1. The van der Waals surface area contributed by atoms with Crippen LogP contribution in [0.2, 0.25) is 0 Å². The van der Waals surface area contributed by atoms with Gasteiger partial charge in [0.15, 0.2) is 15.9 Å². The Hall–Kier alpha value is -1.64. The van der Waals surface area contributed by atoms with Crippen LogP contribution in [0.25, 0.3) is 0 Å². The Labute approximate surface area is 135 Å². The predicted octanol–water partition coefficient (Wildman–Crippen LogP) is -0.684. The zero-order chi connectivity index (χ0) is 16.3. The molecule has 1 amide bonds. The van der Waals surface area contributed by atoms with Gasteiger partial charge >= 0.3 is 6.09 Å². The van der Waals surface area contributed by atoms with Crippen LogP contribution in [0.3, 0.4) is 0 Å². The van der Waals surface area contributed by atoms with E-state index in [2.05, 4.69) is 5.32 Å². The second-order valence-corrected chi connectivity index (χ2v) is 8.04. The van der Waals surface area contributed by atoms with Crippen LogP contribution in [-0.4, -0.2) is 64.5 Å². The van der Waals surface area contributed by atoms with Crippen LogP contribution in [0.1, 0.15) is 0 Å². The lowest BCUT2D eigenvalue weighted by Crippen LogP contribution is -3.19. The van der Waals surface area contributed by atoms with Crippen LogP contribution in [0.5, 0.6) is 0 Å². The van der Waals surface area contributed by atoms with Crippen molar-refractivity contribution in [1.82, 2.24) is 0 Å². The largest absolute Gasteiger partial charge is 0.439 e. The smallest absolute Gasteiger partial charge is 0.412 e. The predicted molar refractivity (Wildman–Crippen MR) is 84.3 cm³/mol. The summed E-state index contributed by atoms with van der Waals surface area (Å²) >= 11 is 0. The van der Waals surface area contributed by atoms with Crippen molar-refractivity contribution in [2.45, 2.75) is 12.1 Å². The lowest BCUT2D eigenvalue weighted by molar-refractivity contribution is -0.932. The highest BCUT2D eigenvalue weighted by atomic mass is 32.2. The third-order valence-electron chi connectivity index (χ3n) is 4.24. The number of carbonyl (C=O) groups is 1. The number of rotatable bonds is 3. The van der Waals surface area contributed by atoms with E-state index in [0.29, 0.717) is 18.9 Å². The maximum absolute atomic E-state index is 12.0. The van der Waals surface area contributed by atoms with Crippen molar-refractivity contribution in [1.29, 1.82) is 0 Å². The van der Waals surface area contributed by atoms with E-state index in [1.54, 1.807) is 24.3 Å². The van der Waals surface area contributed by atoms with E-state index in [1.165, 1.54) is 0 Å². The van der Waals surface area contributed by atoms with E-state index in [1.807, 2.05) is 6.07 Å². The maximum atomic E-state index is 12.0. The Bertz CT molecular complexity index is 643. The van der Waals surface area contributed by atoms with E-state index >= 15 is 0 Å². The number of morpholine rings is 1. The SMILES string of the molecule is O=C(Nc1ccccc1)O[C@@H]1CS(=O)(=O)C[C@H]1[NH+]1CCOCC1. The molecule has 0 aliphatic carbocycles. The fourth-order valence-electron chi connectivity index (χ4n) is 3.12. The van der Waals surface area contributed by atoms with Gasteiger partial charge in [-0.1, -0.05) is 18.2 Å². The lowest BCUT2D eigenvalue weighted by atomic mass is 10.1. The minimum atomic E-state index is -3.18. The van der Waals surface area contributed by atoms with Gasteiger partial charge in [-0.2, -0.15) is 0 Å². The summed E-state index contributed by atoms with van der Waals surface area (Å²) in [5, 5.41) is 2.63. The van der Waals surface area contributed by atoms with Gasteiger partial charge in [-0.05, 0) is 12.1 Å². The van der Waals surface area contributed by atoms with Crippen molar-refractivity contribution >= 4 is 21.6 Å². The second-order valence-electron chi connectivity index (χ2n) is 5.89. The van der Waals surface area contributed by atoms with Gasteiger partial charge in [-0.15, -0.1) is 0 Å². The summed E-state index contributed by atoms with van der Waals surface area (Å²) in [6.07, 6.45) is -1.23. The first-order valence-electron chi connectivity index (χ1n) is 7.69. The molecule has 2 N–H and O–H groups in total. The van der Waals surface area contributed by atoms with Gasteiger partial charge in [0.2, 0.25) is 0 Å². The molecule has 2 aliphatic rings. The molecule has 8 heteroatoms. The lowest BCUT2D eigenvalue weighted by Gasteiger charge is -2.31. The highest BCUT2D eigenvalue weighted by molar-refractivity contribution is 7.91. The molecule has 0 bridgehead atoms. The monoisotopic (exact) mass is 341 g/mol. The molecule has 2 heterocycles. The summed E-state index contributed by atoms with van der Waals surface area (Å²) in [6.45, 7) is 2.68. The molecule has 2 aliphatic heterocycles. The van der Waals surface area contributed by atoms with Crippen LogP contribution < -0.4 is 10.2 Å². The topological polar surface area (TPSA) is 86.1 Å². The first-order valence-corrected chi connectivity index (χ1v) is 9.51. The number of hydrogen-bond acceptors (Lipinski definition) is 5. The van der Waals surface area contributed by atoms with E-state index in [4.69, 9.17) is 9.47 Å². The molecule has 1 aromatic carbocycles. The summed E-state index contributed by atoms with van der Waals surface area (Å²) in [5.41, 5.74) is 0.619. The summed E-state index contributed by atoms with van der Waals surface area (Å²) in [6, 6.07) is 8.73. The molecule has 0 radical (unpaired) electrons. The molecule has 0 spiro atoms. The maximum Gasteiger partial charge on any atom is 0.412 e. The number of sulfone groups is 1. The second kappa shape index (κ2) is 6.86. The molecular formula is C15H21N2O5S+. The van der Waals surface area contributed by atoms with Gasteiger partial charge in [0.25, 0.3) is 0 Å². The number of nitrogens with one attached hydrogen (secondary N) is 2. The van der Waals surface area contributed by atoms with E-state index < -0.39 is 22.0 Å². The summed E-state index contributed by atoms with van der Waals surface area (Å²) in [5.74, 6) is -0.0458. The number of quaternary nitrogens is 1. The normalized spacial score (nSPS) is 27.5. The van der Waals surface area contributed by atoms with Gasteiger partial charge in [-0.25, -0.2) is 13.2 Å². The molecule has 0 unspecified atom stereocenters. The summed E-state index contributed by atoms with van der Waals surface area (Å²) in [7, 11) is -3.18. The average Bonchev–Trinajstić information content (AvgIpc) is 2.83. The molecule has 0 saturated carbocycles. The average molecular weight is 341 g/mol. The minimum Gasteiger partial charge on any atom is -0.439 e. The van der Waals surface area contributed by atoms with Crippen molar-refractivity contribution in [3.63, 3.8) is 0 Å². The molecule has 3 rings (SSSR count). The third-order valence-corrected chi connectivity index (χ3v) is 5.94. The Balaban J connectivity index is 1.65. The van der Waals surface area contributed by atoms with Crippen molar-refractivity contribution < 1.29 is 27.6 Å². The quantitative estimate of drug-likeness (QED) is 0.761. The molecular weight excluding hydrogens is 320 g/mol. The number of ether oxygens (including phenoxy) is 2. The van der Waals surface area contributed by atoms with E-state index in [-0.39, 0.29) is 17.5 Å². The number of benzene rings is 1. The first-order chi connectivity index (χ1) is 11.0. The molecule has 1 aromatic rings. The van der Waals surface area contributed by atoms with Gasteiger partial charge in [0.1, 0.15) is 24.9 Å². The van der Waals surface area contributed by atoms with Crippen LogP contribution in [0.15, 0.2) is 30.3 Å². The van der Waals surface area contributed by atoms with Crippen molar-refractivity contribution in [3.8, 4) is 0 Å². The van der Waals surface area contributed by atoms with Gasteiger partial charge in [0.05, 0.1) is 19.0 Å². The number of carbonyl (C=O) groups excluding carboxylic acids is 1. The summed E-state index contributed by atoms with van der Waals surface area (Å²) < 4.78 is 34.7. The molecule has 7 nitrogen and oxygen atoms in total. The van der Waals surface area contributed by atoms with Gasteiger partial charge in [0, 0.05) is 5.69 Å².